The third-order valence-corrected chi connectivity index (χ3v) is 3.42. The van der Waals surface area contributed by atoms with Crippen LogP contribution >= 0.6 is 11.3 Å². The Balaban J connectivity index is 2.10. The van der Waals surface area contributed by atoms with Gasteiger partial charge in [0.15, 0.2) is 5.01 Å². The van der Waals surface area contributed by atoms with Gasteiger partial charge in [-0.15, -0.1) is 0 Å². The maximum absolute atomic E-state index is 13.6. The van der Waals surface area contributed by atoms with Crippen LogP contribution in [0.1, 0.15) is 5.69 Å². The van der Waals surface area contributed by atoms with Crippen LogP contribution in [0.3, 0.4) is 0 Å². The van der Waals surface area contributed by atoms with Crippen LogP contribution < -0.4 is 5.73 Å². The normalized spacial score (nSPS) is 11.3. The Hall–Kier alpha value is -1.86. The van der Waals surface area contributed by atoms with Crippen molar-refractivity contribution in [2.45, 2.75) is 6.54 Å². The molecule has 0 atom stereocenters. The lowest BCUT2D eigenvalue weighted by atomic mass is 10.2. The Morgan fingerprint density at radius 3 is 2.83 bits per heavy atom. The van der Waals surface area contributed by atoms with Crippen LogP contribution in [0.2, 0.25) is 0 Å². The molecule has 0 radical (unpaired) electrons. The van der Waals surface area contributed by atoms with Crippen molar-refractivity contribution < 1.29 is 8.78 Å². The minimum Gasteiger partial charge on any atom is -0.325 e. The Morgan fingerprint density at radius 2 is 2.17 bits per heavy atom. The minimum absolute atomic E-state index is 0.265. The first-order valence-electron chi connectivity index (χ1n) is 5.18. The highest BCUT2D eigenvalue weighted by molar-refractivity contribution is 7.19. The van der Waals surface area contributed by atoms with E-state index in [9.17, 15) is 8.78 Å². The van der Waals surface area contributed by atoms with Crippen LogP contribution in [0.5, 0.6) is 0 Å². The van der Waals surface area contributed by atoms with Gasteiger partial charge in [0.2, 0.25) is 4.96 Å². The van der Waals surface area contributed by atoms with Gasteiger partial charge >= 0.3 is 0 Å². The Labute approximate surface area is 105 Å². The second-order valence-corrected chi connectivity index (χ2v) is 4.65. The molecule has 0 saturated carbocycles. The monoisotopic (exact) mass is 266 g/mol. The summed E-state index contributed by atoms with van der Waals surface area (Å²) >= 11 is 1.23. The number of halogens is 2. The van der Waals surface area contributed by atoms with Crippen molar-refractivity contribution in [2.75, 3.05) is 0 Å². The van der Waals surface area contributed by atoms with Gasteiger partial charge in [0, 0.05) is 18.2 Å². The van der Waals surface area contributed by atoms with Gasteiger partial charge in [0.25, 0.3) is 0 Å². The average Bonchev–Trinajstić information content (AvgIpc) is 2.86. The van der Waals surface area contributed by atoms with E-state index in [-0.39, 0.29) is 5.56 Å². The van der Waals surface area contributed by atoms with Crippen molar-refractivity contribution in [3.05, 3.63) is 41.7 Å². The molecule has 18 heavy (non-hydrogen) atoms. The minimum atomic E-state index is -0.633. The molecule has 3 rings (SSSR count). The highest BCUT2D eigenvalue weighted by Gasteiger charge is 2.13. The standard InChI is InChI=1S/C11H8F2N4S/c12-6-1-2-8(9(13)3-6)10-16-17-5-7(4-14)15-11(17)18-10/h1-3,5H,4,14H2. The van der Waals surface area contributed by atoms with Gasteiger partial charge in [0.1, 0.15) is 11.6 Å². The number of aromatic nitrogens is 3. The summed E-state index contributed by atoms with van der Waals surface area (Å²) in [6.07, 6.45) is 1.69. The van der Waals surface area contributed by atoms with Gasteiger partial charge < -0.3 is 5.73 Å². The molecule has 0 spiro atoms. The van der Waals surface area contributed by atoms with Gasteiger partial charge in [-0.25, -0.2) is 18.3 Å². The number of imidazole rings is 1. The Kier molecular flexibility index (Phi) is 2.57. The maximum atomic E-state index is 13.6. The van der Waals surface area contributed by atoms with E-state index in [1.165, 1.54) is 23.5 Å². The topological polar surface area (TPSA) is 56.2 Å². The zero-order valence-electron chi connectivity index (χ0n) is 9.10. The molecule has 0 fully saturated rings. The molecular formula is C11H8F2N4S. The summed E-state index contributed by atoms with van der Waals surface area (Å²) in [4.78, 5) is 4.86. The Bertz CT molecular complexity index is 687. The molecule has 2 aromatic heterocycles. The van der Waals surface area contributed by atoms with Gasteiger partial charge in [-0.3, -0.25) is 0 Å². The van der Waals surface area contributed by atoms with E-state index in [4.69, 9.17) is 5.73 Å². The summed E-state index contributed by atoms with van der Waals surface area (Å²) < 4.78 is 28.0. The fourth-order valence-corrected chi connectivity index (χ4v) is 2.54. The van der Waals surface area contributed by atoms with Crippen molar-refractivity contribution in [1.82, 2.24) is 14.6 Å². The van der Waals surface area contributed by atoms with Crippen LogP contribution in [-0.4, -0.2) is 14.6 Å². The number of hydrogen-bond acceptors (Lipinski definition) is 4. The van der Waals surface area contributed by atoms with E-state index in [1.807, 2.05) is 0 Å². The number of rotatable bonds is 2. The van der Waals surface area contributed by atoms with Crippen molar-refractivity contribution in [3.63, 3.8) is 0 Å². The number of nitrogens with zero attached hydrogens (tertiary/aromatic N) is 3. The highest BCUT2D eigenvalue weighted by atomic mass is 32.1. The maximum Gasteiger partial charge on any atom is 0.212 e. The fourth-order valence-electron chi connectivity index (χ4n) is 1.62. The molecule has 3 aromatic rings. The molecule has 4 nitrogen and oxygen atoms in total. The average molecular weight is 266 g/mol. The summed E-state index contributed by atoms with van der Waals surface area (Å²) in [5.74, 6) is -1.24. The van der Waals surface area contributed by atoms with Crippen molar-refractivity contribution in [1.29, 1.82) is 0 Å². The molecule has 2 heterocycles. The largest absolute Gasteiger partial charge is 0.325 e. The lowest BCUT2D eigenvalue weighted by Gasteiger charge is -1.97. The zero-order valence-corrected chi connectivity index (χ0v) is 9.92. The third kappa shape index (κ3) is 1.77. The smallest absolute Gasteiger partial charge is 0.212 e. The fraction of sp³-hybridized carbons (Fsp3) is 0.0909. The van der Waals surface area contributed by atoms with E-state index in [0.717, 1.165) is 11.8 Å². The third-order valence-electron chi connectivity index (χ3n) is 2.46. The van der Waals surface area contributed by atoms with E-state index in [0.29, 0.717) is 16.5 Å². The lowest BCUT2D eigenvalue weighted by molar-refractivity contribution is 0.585. The van der Waals surface area contributed by atoms with E-state index < -0.39 is 11.6 Å². The predicted molar refractivity (Wildman–Crippen MR) is 64.1 cm³/mol. The summed E-state index contributed by atoms with van der Waals surface area (Å²) in [7, 11) is 0. The molecule has 0 bridgehead atoms. The number of benzene rings is 1. The molecule has 0 amide bonds. The summed E-state index contributed by atoms with van der Waals surface area (Å²) in [5.41, 5.74) is 6.45. The predicted octanol–water partition coefficient (Wildman–Crippen LogP) is 2.19. The zero-order chi connectivity index (χ0) is 12.7. The van der Waals surface area contributed by atoms with Gasteiger partial charge in [-0.2, -0.15) is 5.10 Å². The molecule has 2 N–H and O–H groups in total. The summed E-state index contributed by atoms with van der Waals surface area (Å²) in [5, 5.41) is 4.65. The second kappa shape index (κ2) is 4.11. The van der Waals surface area contributed by atoms with Gasteiger partial charge in [-0.05, 0) is 12.1 Å². The molecule has 7 heteroatoms. The summed E-state index contributed by atoms with van der Waals surface area (Å²) in [6, 6.07) is 3.41. The number of nitrogens with two attached hydrogens (primary N) is 1. The van der Waals surface area contributed by atoms with E-state index >= 15 is 0 Å². The number of hydrogen-bond donors (Lipinski definition) is 1. The Morgan fingerprint density at radius 1 is 1.33 bits per heavy atom. The first-order chi connectivity index (χ1) is 8.67. The lowest BCUT2D eigenvalue weighted by Crippen LogP contribution is -1.95. The first kappa shape index (κ1) is 11.2. The van der Waals surface area contributed by atoms with Crippen LogP contribution in [0.25, 0.3) is 15.5 Å². The van der Waals surface area contributed by atoms with Crippen LogP contribution in [0.15, 0.2) is 24.4 Å². The van der Waals surface area contributed by atoms with Crippen molar-refractivity contribution in [3.8, 4) is 10.6 Å². The molecule has 0 saturated heterocycles. The molecular weight excluding hydrogens is 258 g/mol. The molecule has 1 aromatic carbocycles. The molecule has 0 unspecified atom stereocenters. The first-order valence-corrected chi connectivity index (χ1v) is 5.99. The van der Waals surface area contributed by atoms with Gasteiger partial charge in [0.05, 0.1) is 11.9 Å². The van der Waals surface area contributed by atoms with Crippen LogP contribution in [0, 0.1) is 11.6 Å². The second-order valence-electron chi connectivity index (χ2n) is 3.69. The summed E-state index contributed by atoms with van der Waals surface area (Å²) in [6.45, 7) is 0.330. The van der Waals surface area contributed by atoms with E-state index in [1.54, 1.807) is 10.7 Å². The molecule has 92 valence electrons. The van der Waals surface area contributed by atoms with Crippen LogP contribution in [-0.2, 0) is 6.54 Å². The van der Waals surface area contributed by atoms with E-state index in [2.05, 4.69) is 10.1 Å². The van der Waals surface area contributed by atoms with Crippen molar-refractivity contribution >= 4 is 16.3 Å². The quantitative estimate of drug-likeness (QED) is 0.773. The molecule has 0 aliphatic carbocycles. The van der Waals surface area contributed by atoms with Gasteiger partial charge in [-0.1, -0.05) is 11.3 Å². The number of fused-ring (bicyclic) bond motifs is 1. The molecule has 0 aliphatic heterocycles. The highest BCUT2D eigenvalue weighted by Crippen LogP contribution is 2.28. The van der Waals surface area contributed by atoms with Crippen LogP contribution in [0.4, 0.5) is 8.78 Å². The SMILES string of the molecule is NCc1cn2nc(-c3ccc(F)cc3F)sc2n1. The van der Waals surface area contributed by atoms with Crippen molar-refractivity contribution in [2.24, 2.45) is 5.73 Å². The molecule has 0 aliphatic rings.